The molecule has 8 heteroatoms. The number of imidazole rings is 1. The molecule has 2 aromatic rings. The molecule has 0 radical (unpaired) electrons. The zero-order chi connectivity index (χ0) is 18.1. The smallest absolute Gasteiger partial charge is 0.271 e. The Hall–Kier alpha value is -1.86. The number of carbonyl (C=O) groups is 1. The lowest BCUT2D eigenvalue weighted by Gasteiger charge is -2.19. The number of halogens is 1. The molecule has 2 aliphatic rings. The fourth-order valence-electron chi connectivity index (χ4n) is 4.33. The van der Waals surface area contributed by atoms with Crippen LogP contribution in [-0.4, -0.2) is 42.5 Å². The molecule has 2 saturated carbocycles. The van der Waals surface area contributed by atoms with Crippen molar-refractivity contribution < 1.29 is 9.90 Å². The summed E-state index contributed by atoms with van der Waals surface area (Å²) in [6, 6.07) is -0.0234. The normalized spacial score (nSPS) is 26.5. The minimum absolute atomic E-state index is 0.241. The summed E-state index contributed by atoms with van der Waals surface area (Å²) >= 11 is 6.25. The topological polar surface area (TPSA) is 85.0 Å². The number of aliphatic hydroxyl groups excluding tert-OH is 1. The Labute approximate surface area is 157 Å². The first-order chi connectivity index (χ1) is 12.6. The van der Waals surface area contributed by atoms with E-state index in [1.165, 1.54) is 0 Å². The van der Waals surface area contributed by atoms with Crippen molar-refractivity contribution in [2.75, 3.05) is 0 Å². The Morgan fingerprint density at radius 2 is 2.15 bits per heavy atom. The third-order valence-electron chi connectivity index (χ3n) is 5.61. The first-order valence-electron chi connectivity index (χ1n) is 9.29. The first-order valence-corrected chi connectivity index (χ1v) is 9.67. The van der Waals surface area contributed by atoms with E-state index < -0.39 is 6.10 Å². The van der Waals surface area contributed by atoms with Crippen LogP contribution < -0.4 is 5.32 Å². The van der Waals surface area contributed by atoms with E-state index in [0.717, 1.165) is 38.6 Å². The third-order valence-corrected chi connectivity index (χ3v) is 5.88. The monoisotopic (exact) mass is 377 g/mol. The highest BCUT2D eigenvalue weighted by Crippen LogP contribution is 2.32. The van der Waals surface area contributed by atoms with Gasteiger partial charge in [0, 0.05) is 18.9 Å². The second-order valence-corrected chi connectivity index (χ2v) is 7.88. The van der Waals surface area contributed by atoms with Gasteiger partial charge in [0.1, 0.15) is 5.69 Å². The number of rotatable bonds is 5. The molecule has 7 nitrogen and oxygen atoms in total. The van der Waals surface area contributed by atoms with Gasteiger partial charge in [-0.15, -0.1) is 0 Å². The highest BCUT2D eigenvalue weighted by atomic mass is 35.5. The van der Waals surface area contributed by atoms with Crippen molar-refractivity contribution in [1.29, 1.82) is 0 Å². The lowest BCUT2D eigenvalue weighted by molar-refractivity contribution is 0.0860. The van der Waals surface area contributed by atoms with Crippen molar-refractivity contribution in [3.8, 4) is 0 Å². The summed E-state index contributed by atoms with van der Waals surface area (Å²) in [4.78, 5) is 16.9. The minimum Gasteiger partial charge on any atom is -0.391 e. The maximum Gasteiger partial charge on any atom is 0.271 e. The van der Waals surface area contributed by atoms with Crippen LogP contribution in [0.25, 0.3) is 0 Å². The fourth-order valence-corrected chi connectivity index (χ4v) is 4.55. The number of hydrogen-bond acceptors (Lipinski definition) is 4. The van der Waals surface area contributed by atoms with E-state index in [-0.39, 0.29) is 18.0 Å². The van der Waals surface area contributed by atoms with Gasteiger partial charge in [0.25, 0.3) is 5.91 Å². The highest BCUT2D eigenvalue weighted by Gasteiger charge is 2.35. The van der Waals surface area contributed by atoms with Gasteiger partial charge in [0.15, 0.2) is 0 Å². The molecule has 0 spiro atoms. The minimum atomic E-state index is -0.547. The number of aliphatic hydroxyl groups is 1. The van der Waals surface area contributed by atoms with Crippen molar-refractivity contribution in [2.45, 2.75) is 63.3 Å². The first kappa shape index (κ1) is 17.5. The van der Waals surface area contributed by atoms with Gasteiger partial charge in [-0.2, -0.15) is 5.10 Å². The summed E-state index contributed by atoms with van der Waals surface area (Å²) < 4.78 is 3.78. The lowest BCUT2D eigenvalue weighted by atomic mass is 10.1. The number of nitrogens with zero attached hydrogens (tertiary/aromatic N) is 4. The van der Waals surface area contributed by atoms with Crippen molar-refractivity contribution in [1.82, 2.24) is 24.6 Å². The largest absolute Gasteiger partial charge is 0.391 e. The third kappa shape index (κ3) is 3.50. The molecule has 140 valence electrons. The van der Waals surface area contributed by atoms with Crippen LogP contribution >= 0.6 is 11.6 Å². The molecule has 2 fully saturated rings. The molecule has 2 aromatic heterocycles. The maximum absolute atomic E-state index is 12.8. The molecule has 26 heavy (non-hydrogen) atoms. The molecule has 1 amide bonds. The average molecular weight is 378 g/mol. The molecule has 2 N–H and O–H groups in total. The van der Waals surface area contributed by atoms with E-state index in [1.54, 1.807) is 23.4 Å². The van der Waals surface area contributed by atoms with Crippen molar-refractivity contribution in [3.63, 3.8) is 0 Å². The Bertz CT molecular complexity index is 754. The van der Waals surface area contributed by atoms with Crippen LogP contribution in [0.2, 0.25) is 5.02 Å². The molecule has 0 bridgehead atoms. The van der Waals surface area contributed by atoms with Gasteiger partial charge < -0.3 is 15.0 Å². The molecule has 1 unspecified atom stereocenters. The second kappa shape index (κ2) is 7.40. The van der Waals surface area contributed by atoms with Crippen molar-refractivity contribution in [2.24, 2.45) is 5.92 Å². The summed E-state index contributed by atoms with van der Waals surface area (Å²) in [5, 5.41) is 18.1. The van der Waals surface area contributed by atoms with Crippen LogP contribution in [0.4, 0.5) is 0 Å². The Balaban J connectivity index is 1.42. The maximum atomic E-state index is 12.8. The van der Waals surface area contributed by atoms with Gasteiger partial charge in [0.05, 0.1) is 35.7 Å². The van der Waals surface area contributed by atoms with Crippen LogP contribution in [0.5, 0.6) is 0 Å². The molecule has 3 atom stereocenters. The Morgan fingerprint density at radius 3 is 2.88 bits per heavy atom. The molecular formula is C18H24ClN5O2. The molecule has 0 aliphatic heterocycles. The van der Waals surface area contributed by atoms with Gasteiger partial charge in [-0.1, -0.05) is 24.4 Å². The molecule has 2 heterocycles. The molecule has 4 rings (SSSR count). The van der Waals surface area contributed by atoms with Crippen LogP contribution in [0, 0.1) is 5.92 Å². The van der Waals surface area contributed by atoms with Gasteiger partial charge in [0.2, 0.25) is 0 Å². The Kier molecular flexibility index (Phi) is 5.00. The second-order valence-electron chi connectivity index (χ2n) is 7.47. The Morgan fingerprint density at radius 1 is 1.35 bits per heavy atom. The predicted molar refractivity (Wildman–Crippen MR) is 97.0 cm³/mol. The number of hydrogen-bond donors (Lipinski definition) is 2. The quantitative estimate of drug-likeness (QED) is 0.838. The van der Waals surface area contributed by atoms with Crippen molar-refractivity contribution in [3.05, 3.63) is 35.6 Å². The highest BCUT2D eigenvalue weighted by molar-refractivity contribution is 6.33. The van der Waals surface area contributed by atoms with Crippen LogP contribution in [0.15, 0.2) is 24.9 Å². The summed E-state index contributed by atoms with van der Waals surface area (Å²) in [6.45, 7) is 0.796. The summed E-state index contributed by atoms with van der Waals surface area (Å²) in [5.74, 6) is 0.0615. The van der Waals surface area contributed by atoms with Crippen molar-refractivity contribution >= 4 is 17.5 Å². The summed E-state index contributed by atoms with van der Waals surface area (Å²) in [7, 11) is 0. The SMILES string of the molecule is O=C(N[C@@H]1CC(Cn2ccnc2)C[C@H]1O)c1c(Cl)cnn1C1CCCC1. The number of nitrogens with one attached hydrogen (secondary N) is 1. The summed E-state index contributed by atoms with van der Waals surface area (Å²) in [6.07, 6.45) is 12.2. The van der Waals surface area contributed by atoms with E-state index >= 15 is 0 Å². The average Bonchev–Trinajstić information content (AvgIpc) is 3.37. The van der Waals surface area contributed by atoms with Crippen LogP contribution in [0.1, 0.15) is 55.1 Å². The lowest BCUT2D eigenvalue weighted by Crippen LogP contribution is -2.41. The van der Waals surface area contributed by atoms with E-state index in [0.29, 0.717) is 23.1 Å². The van der Waals surface area contributed by atoms with Crippen LogP contribution in [-0.2, 0) is 6.54 Å². The van der Waals surface area contributed by atoms with E-state index in [9.17, 15) is 9.90 Å². The van der Waals surface area contributed by atoms with Gasteiger partial charge in [-0.3, -0.25) is 9.48 Å². The standard InChI is InChI=1S/C18H24ClN5O2/c19-14-9-21-24(13-3-1-2-4-13)17(14)18(26)22-15-7-12(8-16(15)25)10-23-6-5-20-11-23/h5-6,9,11-13,15-16,25H,1-4,7-8,10H2,(H,22,26)/t12?,15-,16-/m1/s1. The van der Waals surface area contributed by atoms with E-state index in [1.807, 2.05) is 10.8 Å². The van der Waals surface area contributed by atoms with Gasteiger partial charge in [-0.05, 0) is 31.6 Å². The van der Waals surface area contributed by atoms with E-state index in [4.69, 9.17) is 11.6 Å². The molecular weight excluding hydrogens is 354 g/mol. The number of carbonyl (C=O) groups excluding carboxylic acids is 1. The molecule has 0 aromatic carbocycles. The zero-order valence-corrected chi connectivity index (χ0v) is 15.3. The van der Waals surface area contributed by atoms with Gasteiger partial charge in [-0.25, -0.2) is 4.98 Å². The zero-order valence-electron chi connectivity index (χ0n) is 14.6. The van der Waals surface area contributed by atoms with E-state index in [2.05, 4.69) is 15.4 Å². The predicted octanol–water partition coefficient (Wildman–Crippen LogP) is 2.42. The molecule has 0 saturated heterocycles. The van der Waals surface area contributed by atoms with Crippen LogP contribution in [0.3, 0.4) is 0 Å². The molecule has 2 aliphatic carbocycles. The number of amides is 1. The summed E-state index contributed by atoms with van der Waals surface area (Å²) in [5.41, 5.74) is 0.420. The van der Waals surface area contributed by atoms with Gasteiger partial charge >= 0.3 is 0 Å². The number of aromatic nitrogens is 4. The fraction of sp³-hybridized carbons (Fsp3) is 0.611.